The van der Waals surface area contributed by atoms with E-state index in [0.717, 1.165) is 27.9 Å². The molecule has 0 aliphatic carbocycles. The van der Waals surface area contributed by atoms with Crippen molar-refractivity contribution in [1.82, 2.24) is 4.98 Å². The Morgan fingerprint density at radius 1 is 1.12 bits per heavy atom. The smallest absolute Gasteiger partial charge is 0.296 e. The van der Waals surface area contributed by atoms with Crippen molar-refractivity contribution in [2.24, 2.45) is 5.14 Å². The lowest BCUT2D eigenvalue weighted by Gasteiger charge is -2.11. The predicted octanol–water partition coefficient (Wildman–Crippen LogP) is 2.47. The van der Waals surface area contributed by atoms with Crippen LogP contribution in [0.15, 0.2) is 54.7 Å². The van der Waals surface area contributed by atoms with Gasteiger partial charge in [0.05, 0.1) is 12.6 Å². The molecule has 0 atom stereocenters. The maximum Gasteiger partial charge on any atom is 0.296 e. The van der Waals surface area contributed by atoms with Crippen molar-refractivity contribution in [3.8, 4) is 5.75 Å². The topological polar surface area (TPSA) is 106 Å². The van der Waals surface area contributed by atoms with E-state index in [1.807, 2.05) is 36.4 Å². The zero-order valence-electron chi connectivity index (χ0n) is 13.6. The molecule has 8 heteroatoms. The Hall–Kier alpha value is -2.84. The predicted molar refractivity (Wildman–Crippen MR) is 98.8 cm³/mol. The zero-order valence-corrected chi connectivity index (χ0v) is 14.4. The highest BCUT2D eigenvalue weighted by atomic mass is 32.2. The Labute approximate surface area is 146 Å². The van der Waals surface area contributed by atoms with E-state index < -0.39 is 10.2 Å². The Kier molecular flexibility index (Phi) is 4.73. The molecule has 0 aliphatic heterocycles. The van der Waals surface area contributed by atoms with Crippen LogP contribution in [0.5, 0.6) is 5.75 Å². The summed E-state index contributed by atoms with van der Waals surface area (Å²) in [5, 5.41) is 9.31. The summed E-state index contributed by atoms with van der Waals surface area (Å²) in [6, 6.07) is 14.6. The fourth-order valence-electron chi connectivity index (χ4n) is 2.46. The van der Waals surface area contributed by atoms with Gasteiger partial charge in [-0.2, -0.15) is 8.42 Å². The first-order valence-electron chi connectivity index (χ1n) is 7.51. The third kappa shape index (κ3) is 4.37. The molecule has 1 aromatic heterocycles. The van der Waals surface area contributed by atoms with E-state index >= 15 is 0 Å². The van der Waals surface area contributed by atoms with Crippen LogP contribution < -0.4 is 19.9 Å². The van der Waals surface area contributed by atoms with Crippen LogP contribution in [-0.4, -0.2) is 20.5 Å². The quantitative estimate of drug-likeness (QED) is 0.627. The zero-order chi connectivity index (χ0) is 17.9. The van der Waals surface area contributed by atoms with Gasteiger partial charge in [-0.15, -0.1) is 0 Å². The van der Waals surface area contributed by atoms with Gasteiger partial charge in [-0.3, -0.25) is 9.71 Å². The van der Waals surface area contributed by atoms with E-state index in [1.165, 1.54) is 0 Å². The average molecular weight is 358 g/mol. The maximum absolute atomic E-state index is 11.0. The van der Waals surface area contributed by atoms with Crippen LogP contribution in [0.1, 0.15) is 5.56 Å². The van der Waals surface area contributed by atoms with Crippen molar-refractivity contribution >= 4 is 32.5 Å². The molecule has 0 amide bonds. The van der Waals surface area contributed by atoms with Crippen LogP contribution in [0.25, 0.3) is 10.9 Å². The van der Waals surface area contributed by atoms with Crippen molar-refractivity contribution in [3.63, 3.8) is 0 Å². The number of ether oxygens (including phenoxy) is 1. The van der Waals surface area contributed by atoms with Crippen LogP contribution in [0, 0.1) is 0 Å². The van der Waals surface area contributed by atoms with Gasteiger partial charge in [-0.25, -0.2) is 5.14 Å². The Bertz CT molecular complexity index is 988. The standard InChI is InChI=1S/C17H18N4O3S/c1-24-14-6-7-15-16(8-9-19-17(15)10-14)20-11-12-2-4-13(5-3-12)21-25(18,22)23/h2-10,21H,11H2,1H3,(H,19,20)(H2,18,22,23). The minimum Gasteiger partial charge on any atom is -0.497 e. The molecule has 0 spiro atoms. The third-order valence-corrected chi connectivity index (χ3v) is 4.17. The summed E-state index contributed by atoms with van der Waals surface area (Å²) in [5.74, 6) is 0.759. The van der Waals surface area contributed by atoms with E-state index in [-0.39, 0.29) is 0 Å². The van der Waals surface area contributed by atoms with Crippen LogP contribution in [0.3, 0.4) is 0 Å². The first-order chi connectivity index (χ1) is 11.9. The maximum atomic E-state index is 11.0. The molecule has 4 N–H and O–H groups in total. The van der Waals surface area contributed by atoms with Gasteiger partial charge < -0.3 is 10.1 Å². The molecule has 0 aliphatic rings. The number of pyridine rings is 1. The Balaban J connectivity index is 1.74. The summed E-state index contributed by atoms with van der Waals surface area (Å²) in [6.07, 6.45) is 1.74. The first kappa shape index (κ1) is 17.0. The second-order valence-corrected chi connectivity index (χ2v) is 6.73. The lowest BCUT2D eigenvalue weighted by molar-refractivity contribution is 0.415. The van der Waals surface area contributed by atoms with Crippen LogP contribution in [0.4, 0.5) is 11.4 Å². The van der Waals surface area contributed by atoms with Crippen molar-refractivity contribution in [1.29, 1.82) is 0 Å². The number of nitrogens with zero attached hydrogens (tertiary/aromatic N) is 1. The van der Waals surface area contributed by atoms with E-state index in [2.05, 4.69) is 15.0 Å². The van der Waals surface area contributed by atoms with Crippen molar-refractivity contribution < 1.29 is 13.2 Å². The number of methoxy groups -OCH3 is 1. The van der Waals surface area contributed by atoms with Gasteiger partial charge in [0.15, 0.2) is 0 Å². The Morgan fingerprint density at radius 3 is 2.56 bits per heavy atom. The normalized spacial score (nSPS) is 11.3. The fourth-order valence-corrected chi connectivity index (χ4v) is 2.93. The number of hydrogen-bond donors (Lipinski definition) is 3. The average Bonchev–Trinajstić information content (AvgIpc) is 2.59. The SMILES string of the molecule is COc1ccc2c(NCc3ccc(NS(N)(=O)=O)cc3)ccnc2c1. The van der Waals surface area contributed by atoms with Gasteiger partial charge in [-0.05, 0) is 35.9 Å². The number of hydrogen-bond acceptors (Lipinski definition) is 5. The van der Waals surface area contributed by atoms with Gasteiger partial charge in [0.25, 0.3) is 10.2 Å². The molecule has 0 bridgehead atoms. The fraction of sp³-hybridized carbons (Fsp3) is 0.118. The van der Waals surface area contributed by atoms with Gasteiger partial charge in [0.2, 0.25) is 0 Å². The molecular weight excluding hydrogens is 340 g/mol. The number of nitrogens with two attached hydrogens (primary N) is 1. The highest BCUT2D eigenvalue weighted by Gasteiger charge is 2.05. The van der Waals surface area contributed by atoms with Gasteiger partial charge in [-0.1, -0.05) is 12.1 Å². The van der Waals surface area contributed by atoms with Gasteiger partial charge >= 0.3 is 0 Å². The second-order valence-electron chi connectivity index (χ2n) is 5.44. The number of rotatable bonds is 6. The third-order valence-electron chi connectivity index (χ3n) is 3.65. The lowest BCUT2D eigenvalue weighted by Crippen LogP contribution is -2.21. The molecule has 25 heavy (non-hydrogen) atoms. The summed E-state index contributed by atoms with van der Waals surface area (Å²) in [6.45, 7) is 0.584. The van der Waals surface area contributed by atoms with Gasteiger partial charge in [0.1, 0.15) is 5.75 Å². The summed E-state index contributed by atoms with van der Waals surface area (Å²) in [4.78, 5) is 4.35. The largest absolute Gasteiger partial charge is 0.497 e. The van der Waals surface area contributed by atoms with Crippen molar-refractivity contribution in [3.05, 3.63) is 60.3 Å². The van der Waals surface area contributed by atoms with Crippen LogP contribution in [-0.2, 0) is 16.8 Å². The highest BCUT2D eigenvalue weighted by Crippen LogP contribution is 2.25. The minimum atomic E-state index is -3.76. The van der Waals surface area contributed by atoms with E-state index in [1.54, 1.807) is 25.4 Å². The van der Waals surface area contributed by atoms with Crippen LogP contribution in [0.2, 0.25) is 0 Å². The molecule has 2 aromatic carbocycles. The molecule has 130 valence electrons. The summed E-state index contributed by atoms with van der Waals surface area (Å²) < 4.78 is 29.5. The monoisotopic (exact) mass is 358 g/mol. The number of nitrogens with one attached hydrogen (secondary N) is 2. The molecule has 0 saturated heterocycles. The molecule has 3 rings (SSSR count). The molecule has 0 fully saturated rings. The van der Waals surface area contributed by atoms with Crippen molar-refractivity contribution in [2.45, 2.75) is 6.54 Å². The van der Waals surface area contributed by atoms with Crippen molar-refractivity contribution in [2.75, 3.05) is 17.1 Å². The molecule has 1 heterocycles. The summed E-state index contributed by atoms with van der Waals surface area (Å²) in [5.41, 5.74) is 3.22. The van der Waals surface area contributed by atoms with Crippen LogP contribution >= 0.6 is 0 Å². The molecule has 0 unspecified atom stereocenters. The molecule has 0 saturated carbocycles. The number of aromatic nitrogens is 1. The first-order valence-corrected chi connectivity index (χ1v) is 9.05. The molecular formula is C17H18N4O3S. The number of anilines is 2. The Morgan fingerprint density at radius 2 is 1.88 bits per heavy atom. The van der Waals surface area contributed by atoms with E-state index in [9.17, 15) is 8.42 Å². The molecule has 7 nitrogen and oxygen atoms in total. The highest BCUT2D eigenvalue weighted by molar-refractivity contribution is 7.90. The number of benzene rings is 2. The summed E-state index contributed by atoms with van der Waals surface area (Å²) in [7, 11) is -2.14. The molecule has 0 radical (unpaired) electrons. The minimum absolute atomic E-state index is 0.424. The second kappa shape index (κ2) is 6.96. The summed E-state index contributed by atoms with van der Waals surface area (Å²) >= 11 is 0. The van der Waals surface area contributed by atoms with E-state index in [0.29, 0.717) is 12.2 Å². The lowest BCUT2D eigenvalue weighted by atomic mass is 10.1. The van der Waals surface area contributed by atoms with E-state index in [4.69, 9.17) is 9.88 Å². The number of fused-ring (bicyclic) bond motifs is 1. The molecule has 3 aromatic rings. The van der Waals surface area contributed by atoms with Gasteiger partial charge in [0, 0.05) is 35.6 Å².